The predicted molar refractivity (Wildman–Crippen MR) is 63.4 cm³/mol. The van der Waals surface area contributed by atoms with Crippen molar-refractivity contribution >= 4 is 23.9 Å². The Morgan fingerprint density at radius 2 is 0.692 bits per heavy atom. The Balaban J connectivity index is -0.000000120. The first-order valence-corrected chi connectivity index (χ1v) is 5.52. The van der Waals surface area contributed by atoms with Crippen LogP contribution in [0.3, 0.4) is 0 Å². The Morgan fingerprint density at radius 1 is 0.538 bits per heavy atom. The zero-order valence-corrected chi connectivity index (χ0v) is 26.6. The van der Waals surface area contributed by atoms with Crippen molar-refractivity contribution in [2.75, 3.05) is 39.3 Å². The van der Waals surface area contributed by atoms with E-state index in [2.05, 4.69) is 0 Å². The molecule has 0 aromatic rings. The predicted octanol–water partition coefficient (Wildman–Crippen LogP) is -20.0. The maximum atomic E-state index is 10.6. The van der Waals surface area contributed by atoms with Crippen LogP contribution in [0.4, 0.5) is 0 Å². The number of halogens is 3. The van der Waals surface area contributed by atoms with Crippen LogP contribution >= 0.6 is 0 Å². The van der Waals surface area contributed by atoms with Gasteiger partial charge >= 0.3 is 134 Å². The molecule has 0 saturated carbocycles. The standard InChI is InChI=1S/C10H16N2O8.3BrH.K.2Na/c13-7(14)3-11(4-8(15)16)1-2-12(5-9(17)18)6-10(19)20;;;;;;/h1-6H2,(H,13,14)(H,15,16)(H,17,18)(H,19,20);3*1H;;;/q;;;;3*+1/p-3. The molecule has 0 aromatic heterocycles. The minimum absolute atomic E-state index is 0. The molecule has 0 atom stereocenters. The number of aliphatic carboxylic acids is 4. The molecule has 10 nitrogen and oxygen atoms in total. The van der Waals surface area contributed by atoms with Gasteiger partial charge in [0.15, 0.2) is 0 Å². The number of hydrogen-bond acceptors (Lipinski definition) is 6. The van der Waals surface area contributed by atoms with Crippen LogP contribution in [0.15, 0.2) is 0 Å². The fraction of sp³-hybridized carbons (Fsp3) is 0.600. The minimum Gasteiger partial charge on any atom is -1.00 e. The Kier molecular flexibility index (Phi) is 50.3. The van der Waals surface area contributed by atoms with E-state index in [1.807, 2.05) is 0 Å². The monoisotopic (exact) mass is 614 g/mol. The third-order valence-corrected chi connectivity index (χ3v) is 2.17. The summed E-state index contributed by atoms with van der Waals surface area (Å²) in [6.45, 7) is -2.25. The molecule has 0 radical (unpaired) electrons. The first-order chi connectivity index (χ1) is 9.20. The van der Waals surface area contributed by atoms with E-state index in [9.17, 15) is 19.2 Å². The van der Waals surface area contributed by atoms with Crippen molar-refractivity contribution in [1.82, 2.24) is 9.80 Å². The van der Waals surface area contributed by atoms with Crippen LogP contribution in [-0.2, 0) is 19.2 Å². The van der Waals surface area contributed by atoms with Gasteiger partial charge in [-0.1, -0.05) is 0 Å². The second kappa shape index (κ2) is 27.9. The van der Waals surface area contributed by atoms with Crippen molar-refractivity contribution in [3.05, 3.63) is 0 Å². The fourth-order valence-electron chi connectivity index (χ4n) is 1.48. The van der Waals surface area contributed by atoms with Gasteiger partial charge in [-0.15, -0.1) is 0 Å². The van der Waals surface area contributed by atoms with Crippen LogP contribution in [0.2, 0.25) is 0 Å². The third kappa shape index (κ3) is 31.6. The van der Waals surface area contributed by atoms with Crippen LogP contribution in [0.1, 0.15) is 0 Å². The van der Waals surface area contributed by atoms with E-state index in [4.69, 9.17) is 20.4 Å². The molecule has 4 N–H and O–H groups in total. The van der Waals surface area contributed by atoms with Gasteiger partial charge in [-0.3, -0.25) is 29.0 Å². The molecule has 16 heteroatoms. The summed E-state index contributed by atoms with van der Waals surface area (Å²) in [4.78, 5) is 44.4. The Morgan fingerprint density at radius 3 is 0.808 bits per heavy atom. The second-order valence-electron chi connectivity index (χ2n) is 4.00. The Labute approximate surface area is 269 Å². The first kappa shape index (κ1) is 46.9. The molecule has 0 rings (SSSR count). The number of carboxylic acid groups (broad SMARTS) is 4. The molecule has 0 amide bonds. The molecular formula is C10H16Br3KN2Na2O8. The molecule has 26 heavy (non-hydrogen) atoms. The summed E-state index contributed by atoms with van der Waals surface area (Å²) in [5.74, 6) is -4.91. The summed E-state index contributed by atoms with van der Waals surface area (Å²) in [6, 6.07) is 0. The van der Waals surface area contributed by atoms with Crippen molar-refractivity contribution < 1.29 is 201 Å². The summed E-state index contributed by atoms with van der Waals surface area (Å²) in [5.41, 5.74) is 0. The maximum Gasteiger partial charge on any atom is 1.00 e. The van der Waals surface area contributed by atoms with Gasteiger partial charge in [-0.25, -0.2) is 0 Å². The van der Waals surface area contributed by atoms with Gasteiger partial charge in [-0.05, 0) is 0 Å². The van der Waals surface area contributed by atoms with Crippen molar-refractivity contribution in [2.45, 2.75) is 0 Å². The van der Waals surface area contributed by atoms with E-state index >= 15 is 0 Å². The zero-order valence-electron chi connectivity index (χ0n) is 14.7. The third-order valence-electron chi connectivity index (χ3n) is 2.17. The molecule has 0 saturated heterocycles. The zero-order chi connectivity index (χ0) is 15.7. The summed E-state index contributed by atoms with van der Waals surface area (Å²) in [5, 5.41) is 34.5. The number of nitrogens with zero attached hydrogens (tertiary/aromatic N) is 2. The molecular weight excluding hydrogens is 601 g/mol. The van der Waals surface area contributed by atoms with Crippen molar-refractivity contribution in [1.29, 1.82) is 0 Å². The summed E-state index contributed by atoms with van der Waals surface area (Å²) < 4.78 is 0. The average molecular weight is 617 g/mol. The van der Waals surface area contributed by atoms with Crippen LogP contribution in [-0.4, -0.2) is 93.4 Å². The van der Waals surface area contributed by atoms with Gasteiger partial charge in [0.05, 0.1) is 26.2 Å². The fourth-order valence-corrected chi connectivity index (χ4v) is 1.48. The number of carboxylic acids is 4. The van der Waals surface area contributed by atoms with E-state index in [0.717, 1.165) is 9.80 Å². The second-order valence-corrected chi connectivity index (χ2v) is 4.00. The van der Waals surface area contributed by atoms with Gasteiger partial charge in [-0.2, -0.15) is 0 Å². The molecule has 0 heterocycles. The van der Waals surface area contributed by atoms with Crippen molar-refractivity contribution in [3.63, 3.8) is 0 Å². The van der Waals surface area contributed by atoms with E-state index < -0.39 is 50.1 Å². The summed E-state index contributed by atoms with van der Waals surface area (Å²) in [6.07, 6.45) is 0. The molecule has 0 unspecified atom stereocenters. The number of hydrogen-bond donors (Lipinski definition) is 4. The Hall–Kier alpha value is 2.88. The van der Waals surface area contributed by atoms with Crippen LogP contribution in [0, 0.1) is 0 Å². The summed E-state index contributed by atoms with van der Waals surface area (Å²) in [7, 11) is 0. The van der Waals surface area contributed by atoms with E-state index in [-0.39, 0.29) is 175 Å². The van der Waals surface area contributed by atoms with E-state index in [1.165, 1.54) is 0 Å². The quantitative estimate of drug-likeness (QED) is 0.165. The summed E-state index contributed by atoms with van der Waals surface area (Å²) >= 11 is 0. The molecule has 0 fully saturated rings. The molecule has 0 aliphatic heterocycles. The van der Waals surface area contributed by atoms with Crippen molar-refractivity contribution in [2.24, 2.45) is 0 Å². The van der Waals surface area contributed by atoms with Gasteiger partial charge in [0.1, 0.15) is 0 Å². The average Bonchev–Trinajstić information content (AvgIpc) is 2.22. The Bertz CT molecular complexity index is 344. The molecule has 0 aromatic carbocycles. The minimum atomic E-state index is -1.23. The first-order valence-electron chi connectivity index (χ1n) is 5.52. The van der Waals surface area contributed by atoms with E-state index in [1.54, 1.807) is 0 Å². The molecule has 0 aliphatic rings. The smallest absolute Gasteiger partial charge is 1.00 e. The normalized spacial score (nSPS) is 8.23. The molecule has 0 bridgehead atoms. The van der Waals surface area contributed by atoms with Gasteiger partial charge in [0.25, 0.3) is 0 Å². The SMILES string of the molecule is O=C(O)CN(CCN(CC(=O)O)CC(=O)O)CC(=O)O.[Br-].[Br-].[Br-].[K+].[Na+].[Na+]. The molecule has 0 aliphatic carbocycles. The maximum absolute atomic E-state index is 10.6. The largest absolute Gasteiger partial charge is 1.00 e. The topological polar surface area (TPSA) is 156 Å². The van der Waals surface area contributed by atoms with Gasteiger partial charge in [0, 0.05) is 13.1 Å². The van der Waals surface area contributed by atoms with Crippen LogP contribution in [0.25, 0.3) is 0 Å². The molecule has 0 spiro atoms. The van der Waals surface area contributed by atoms with Crippen LogP contribution < -0.4 is 161 Å². The van der Waals surface area contributed by atoms with Gasteiger partial charge < -0.3 is 71.4 Å². The van der Waals surface area contributed by atoms with Crippen molar-refractivity contribution in [3.8, 4) is 0 Å². The van der Waals surface area contributed by atoms with Crippen LogP contribution in [0.5, 0.6) is 0 Å². The number of rotatable bonds is 11. The van der Waals surface area contributed by atoms with E-state index in [0.29, 0.717) is 0 Å². The van der Waals surface area contributed by atoms with Gasteiger partial charge in [0.2, 0.25) is 0 Å². The molecule has 138 valence electrons. The number of carbonyl (C=O) groups is 4.